The molecule has 1 N–H and O–H groups in total. The van der Waals surface area contributed by atoms with Gasteiger partial charge >= 0.3 is 5.97 Å². The Bertz CT molecular complexity index is 811. The van der Waals surface area contributed by atoms with Crippen molar-refractivity contribution < 1.29 is 17.9 Å². The Morgan fingerprint density at radius 1 is 1.50 bits per heavy atom. The molecule has 2 rings (SSSR count). The summed E-state index contributed by atoms with van der Waals surface area (Å²) >= 11 is 0. The van der Waals surface area contributed by atoms with Crippen molar-refractivity contribution in [3.8, 4) is 0 Å². The highest BCUT2D eigenvalue weighted by atomic mass is 32.2. The number of sulfonamides is 1. The molecule has 0 fully saturated rings. The molecule has 0 spiro atoms. The van der Waals surface area contributed by atoms with Crippen LogP contribution >= 0.6 is 0 Å². The van der Waals surface area contributed by atoms with Crippen molar-refractivity contribution in [3.05, 3.63) is 35.2 Å². The average molecular weight is 325 g/mol. The van der Waals surface area contributed by atoms with Gasteiger partial charge in [-0.25, -0.2) is 22.4 Å². The number of esters is 1. The van der Waals surface area contributed by atoms with Crippen LogP contribution < -0.4 is 4.72 Å². The summed E-state index contributed by atoms with van der Waals surface area (Å²) in [6, 6.07) is 2.94. The number of rotatable bonds is 5. The van der Waals surface area contributed by atoms with E-state index >= 15 is 0 Å². The summed E-state index contributed by atoms with van der Waals surface area (Å²) in [5.74, 6) is -0.441. The maximum Gasteiger partial charge on any atom is 0.340 e. The molecule has 120 valence electrons. The highest BCUT2D eigenvalue weighted by molar-refractivity contribution is 7.88. The van der Waals surface area contributed by atoms with Crippen molar-refractivity contribution in [2.24, 2.45) is 0 Å². The maximum atomic E-state index is 12.2. The molecule has 0 saturated heterocycles. The molecule has 0 aliphatic rings. The lowest BCUT2D eigenvalue weighted by atomic mass is 10.1. The fourth-order valence-corrected chi connectivity index (χ4v) is 3.33. The lowest BCUT2D eigenvalue weighted by Crippen LogP contribution is -2.27. The van der Waals surface area contributed by atoms with Gasteiger partial charge in [0.15, 0.2) is 0 Å². The number of aromatic nitrogens is 2. The molecule has 1 atom stereocenters. The van der Waals surface area contributed by atoms with E-state index in [1.54, 1.807) is 43.6 Å². The predicted octanol–water partition coefficient (Wildman–Crippen LogP) is 1.43. The molecule has 0 saturated carbocycles. The van der Waals surface area contributed by atoms with Crippen LogP contribution in [0, 0.1) is 6.92 Å². The fraction of sp³-hybridized carbons (Fsp3) is 0.429. The number of carbonyl (C=O) groups is 1. The zero-order valence-electron chi connectivity index (χ0n) is 13.0. The highest BCUT2D eigenvalue weighted by Crippen LogP contribution is 2.27. The van der Waals surface area contributed by atoms with Gasteiger partial charge in [-0.05, 0) is 38.5 Å². The van der Waals surface area contributed by atoms with Crippen LogP contribution in [0.4, 0.5) is 0 Å². The fourth-order valence-electron chi connectivity index (χ4n) is 2.58. The second-order valence-electron chi connectivity index (χ2n) is 5.04. The van der Waals surface area contributed by atoms with Gasteiger partial charge in [-0.1, -0.05) is 0 Å². The van der Waals surface area contributed by atoms with Crippen LogP contribution in [0.15, 0.2) is 18.3 Å². The van der Waals surface area contributed by atoms with Crippen molar-refractivity contribution in [2.45, 2.75) is 26.8 Å². The van der Waals surface area contributed by atoms with Gasteiger partial charge in [-0.15, -0.1) is 0 Å². The first kappa shape index (κ1) is 16.4. The van der Waals surface area contributed by atoms with Gasteiger partial charge in [0.25, 0.3) is 0 Å². The Morgan fingerprint density at radius 3 is 2.77 bits per heavy atom. The van der Waals surface area contributed by atoms with E-state index in [1.165, 1.54) is 0 Å². The van der Waals surface area contributed by atoms with E-state index in [2.05, 4.69) is 9.82 Å². The molecule has 8 heteroatoms. The molecule has 2 aromatic heterocycles. The number of nitrogens with zero attached hydrogens (tertiary/aromatic N) is 2. The molecular weight excluding hydrogens is 306 g/mol. The topological polar surface area (TPSA) is 89.8 Å². The van der Waals surface area contributed by atoms with E-state index in [-0.39, 0.29) is 6.61 Å². The zero-order chi connectivity index (χ0) is 16.5. The van der Waals surface area contributed by atoms with Crippen LogP contribution in [0.5, 0.6) is 0 Å². The van der Waals surface area contributed by atoms with E-state index in [0.717, 1.165) is 6.26 Å². The van der Waals surface area contributed by atoms with Crippen LogP contribution in [0.3, 0.4) is 0 Å². The van der Waals surface area contributed by atoms with Crippen LogP contribution in [0.25, 0.3) is 5.52 Å². The molecule has 1 unspecified atom stereocenters. The summed E-state index contributed by atoms with van der Waals surface area (Å²) in [5.41, 5.74) is 2.27. The van der Waals surface area contributed by atoms with Crippen molar-refractivity contribution in [2.75, 3.05) is 12.9 Å². The zero-order valence-corrected chi connectivity index (χ0v) is 13.8. The molecule has 2 heterocycles. The van der Waals surface area contributed by atoms with E-state index in [0.29, 0.717) is 22.3 Å². The maximum absolute atomic E-state index is 12.2. The monoisotopic (exact) mass is 325 g/mol. The SMILES string of the molecule is CCOC(=O)c1c(C)c(C(C)NS(C)(=O)=O)n2ncccc12. The second-order valence-corrected chi connectivity index (χ2v) is 6.82. The molecule has 2 aromatic rings. The number of hydrogen-bond acceptors (Lipinski definition) is 5. The number of hydrogen-bond donors (Lipinski definition) is 1. The predicted molar refractivity (Wildman–Crippen MR) is 82.3 cm³/mol. The molecule has 0 aromatic carbocycles. The standard InChI is InChI=1S/C14H19N3O4S/c1-5-21-14(18)12-9(2)13(10(3)16-22(4,19)20)17-11(12)7-6-8-15-17/h6-8,10,16H,5H2,1-4H3. The number of ether oxygens (including phenoxy) is 1. The van der Waals surface area contributed by atoms with Gasteiger partial charge in [-0.2, -0.15) is 5.10 Å². The summed E-state index contributed by atoms with van der Waals surface area (Å²) in [4.78, 5) is 12.2. The molecule has 7 nitrogen and oxygen atoms in total. The molecule has 0 radical (unpaired) electrons. The molecule has 0 amide bonds. The minimum atomic E-state index is -3.39. The number of fused-ring (bicyclic) bond motifs is 1. The average Bonchev–Trinajstić information content (AvgIpc) is 2.69. The first-order valence-electron chi connectivity index (χ1n) is 6.87. The van der Waals surface area contributed by atoms with Crippen molar-refractivity contribution >= 4 is 21.5 Å². The molecule has 22 heavy (non-hydrogen) atoms. The minimum absolute atomic E-state index is 0.266. The molecular formula is C14H19N3O4S. The van der Waals surface area contributed by atoms with Crippen molar-refractivity contribution in [1.29, 1.82) is 0 Å². The third kappa shape index (κ3) is 3.12. The largest absolute Gasteiger partial charge is 0.462 e. The second kappa shape index (κ2) is 6.05. The Hall–Kier alpha value is -1.93. The van der Waals surface area contributed by atoms with E-state index in [9.17, 15) is 13.2 Å². The van der Waals surface area contributed by atoms with Gasteiger partial charge < -0.3 is 4.74 Å². The summed E-state index contributed by atoms with van der Waals surface area (Å²) in [6.45, 7) is 5.47. The van der Waals surface area contributed by atoms with E-state index in [1.807, 2.05) is 0 Å². The third-order valence-corrected chi connectivity index (χ3v) is 4.06. The number of nitrogens with one attached hydrogen (secondary N) is 1. The smallest absolute Gasteiger partial charge is 0.340 e. The molecule has 0 bridgehead atoms. The quantitative estimate of drug-likeness (QED) is 0.840. The van der Waals surface area contributed by atoms with E-state index < -0.39 is 22.0 Å². The highest BCUT2D eigenvalue weighted by Gasteiger charge is 2.26. The van der Waals surface area contributed by atoms with Crippen molar-refractivity contribution in [1.82, 2.24) is 14.3 Å². The van der Waals surface area contributed by atoms with Gasteiger partial charge in [0.2, 0.25) is 10.0 Å². The van der Waals surface area contributed by atoms with Crippen LogP contribution in [-0.2, 0) is 14.8 Å². The lowest BCUT2D eigenvalue weighted by molar-refractivity contribution is 0.0528. The van der Waals surface area contributed by atoms with E-state index in [4.69, 9.17) is 4.74 Å². The van der Waals surface area contributed by atoms with Crippen LogP contribution in [0.2, 0.25) is 0 Å². The van der Waals surface area contributed by atoms with Crippen LogP contribution in [-0.4, -0.2) is 36.9 Å². The molecule has 0 aliphatic heterocycles. The third-order valence-electron chi connectivity index (χ3n) is 3.27. The van der Waals surface area contributed by atoms with Crippen molar-refractivity contribution in [3.63, 3.8) is 0 Å². The first-order chi connectivity index (χ1) is 10.3. The van der Waals surface area contributed by atoms with Crippen LogP contribution in [0.1, 0.15) is 41.5 Å². The Labute approximate surface area is 129 Å². The molecule has 0 aliphatic carbocycles. The number of carbonyl (C=O) groups excluding carboxylic acids is 1. The van der Waals surface area contributed by atoms with Gasteiger partial charge in [0, 0.05) is 6.20 Å². The normalized spacial score (nSPS) is 13.3. The Morgan fingerprint density at radius 2 is 2.18 bits per heavy atom. The van der Waals surface area contributed by atoms with Gasteiger partial charge in [0.05, 0.1) is 35.7 Å². The minimum Gasteiger partial charge on any atom is -0.462 e. The Balaban J connectivity index is 2.65. The summed E-state index contributed by atoms with van der Waals surface area (Å²) in [6.07, 6.45) is 2.67. The summed E-state index contributed by atoms with van der Waals surface area (Å²) < 4.78 is 32.1. The Kier molecular flexibility index (Phi) is 4.52. The van der Waals surface area contributed by atoms with Gasteiger partial charge in [0.1, 0.15) is 0 Å². The summed E-state index contributed by atoms with van der Waals surface area (Å²) in [5, 5.41) is 4.23. The summed E-state index contributed by atoms with van der Waals surface area (Å²) in [7, 11) is -3.39. The first-order valence-corrected chi connectivity index (χ1v) is 8.76. The van der Waals surface area contributed by atoms with Gasteiger partial charge in [-0.3, -0.25) is 0 Å². The lowest BCUT2D eigenvalue weighted by Gasteiger charge is -2.13.